The van der Waals surface area contributed by atoms with Crippen molar-refractivity contribution in [1.29, 1.82) is 0 Å². The molecule has 0 saturated carbocycles. The molecule has 5 rings (SSSR count). The number of halogens is 1. The van der Waals surface area contributed by atoms with Gasteiger partial charge in [-0.15, -0.1) is 0 Å². The van der Waals surface area contributed by atoms with E-state index in [1.807, 2.05) is 24.8 Å². The highest BCUT2D eigenvalue weighted by Gasteiger charge is 2.24. The molecule has 1 N–H and O–H groups in total. The fourth-order valence-corrected chi connectivity index (χ4v) is 4.31. The van der Waals surface area contributed by atoms with Gasteiger partial charge in [0.15, 0.2) is 5.82 Å². The molecule has 1 aliphatic heterocycles. The molecule has 0 unspecified atom stereocenters. The van der Waals surface area contributed by atoms with E-state index in [9.17, 15) is 4.79 Å². The number of nitrogens with one attached hydrogen (secondary N) is 1. The quantitative estimate of drug-likeness (QED) is 0.501. The Morgan fingerprint density at radius 2 is 1.91 bits per heavy atom. The van der Waals surface area contributed by atoms with Crippen LogP contribution in [0.5, 0.6) is 0 Å². The number of anilines is 1. The number of rotatable bonds is 3. The molecule has 8 nitrogen and oxygen atoms in total. The Balaban J connectivity index is 1.59. The Morgan fingerprint density at radius 1 is 1.12 bits per heavy atom. The first-order valence-corrected chi connectivity index (χ1v) is 10.4. The van der Waals surface area contributed by atoms with E-state index in [0.29, 0.717) is 42.9 Å². The summed E-state index contributed by atoms with van der Waals surface area (Å²) in [6.07, 6.45) is 6.03. The first-order chi connectivity index (χ1) is 15.5. The Bertz CT molecular complexity index is 1370. The fourth-order valence-electron chi connectivity index (χ4n) is 4.31. The van der Waals surface area contributed by atoms with Gasteiger partial charge in [0, 0.05) is 43.3 Å². The van der Waals surface area contributed by atoms with Gasteiger partial charge >= 0.3 is 0 Å². The van der Waals surface area contributed by atoms with Crippen molar-refractivity contribution in [3.63, 3.8) is 0 Å². The summed E-state index contributed by atoms with van der Waals surface area (Å²) >= 11 is 0. The second-order valence-electron chi connectivity index (χ2n) is 7.92. The maximum atomic E-state index is 15.8. The molecule has 4 aromatic rings. The molecule has 4 heterocycles. The van der Waals surface area contributed by atoms with Gasteiger partial charge in [-0.25, -0.2) is 14.4 Å². The number of aromatic nitrogens is 5. The van der Waals surface area contributed by atoms with Crippen LogP contribution in [0, 0.1) is 19.7 Å². The van der Waals surface area contributed by atoms with Crippen LogP contribution >= 0.6 is 0 Å². The van der Waals surface area contributed by atoms with Crippen LogP contribution in [0.4, 0.5) is 10.2 Å². The van der Waals surface area contributed by atoms with Gasteiger partial charge in [0.25, 0.3) is 0 Å². The van der Waals surface area contributed by atoms with Crippen LogP contribution in [0.2, 0.25) is 0 Å². The van der Waals surface area contributed by atoms with Crippen LogP contribution < -0.4 is 4.90 Å². The normalized spacial score (nSPS) is 14.3. The number of benzene rings is 1. The van der Waals surface area contributed by atoms with Crippen LogP contribution in [0.1, 0.15) is 11.1 Å². The minimum absolute atomic E-state index is 0.0892. The van der Waals surface area contributed by atoms with E-state index in [-0.39, 0.29) is 17.1 Å². The van der Waals surface area contributed by atoms with Gasteiger partial charge in [-0.3, -0.25) is 14.9 Å². The van der Waals surface area contributed by atoms with Crippen molar-refractivity contribution >= 4 is 33.5 Å². The molecule has 1 amide bonds. The van der Waals surface area contributed by atoms with E-state index >= 15 is 4.39 Å². The number of hydrogen-bond acceptors (Lipinski definition) is 6. The van der Waals surface area contributed by atoms with E-state index in [2.05, 4.69) is 31.7 Å². The van der Waals surface area contributed by atoms with Crippen LogP contribution in [-0.2, 0) is 4.79 Å². The number of hydrogen-bond donors (Lipinski definition) is 1. The molecule has 0 bridgehead atoms. The number of H-pyrrole nitrogens is 1. The van der Waals surface area contributed by atoms with Crippen molar-refractivity contribution in [3.05, 3.63) is 54.4 Å². The second-order valence-corrected chi connectivity index (χ2v) is 7.92. The summed E-state index contributed by atoms with van der Waals surface area (Å²) in [4.78, 5) is 28.8. The van der Waals surface area contributed by atoms with Crippen LogP contribution in [0.15, 0.2) is 37.4 Å². The molecule has 0 atom stereocenters. The monoisotopic (exact) mass is 431 g/mol. The van der Waals surface area contributed by atoms with Gasteiger partial charge in [0.05, 0.1) is 17.1 Å². The third kappa shape index (κ3) is 3.08. The van der Waals surface area contributed by atoms with Gasteiger partial charge in [-0.05, 0) is 37.1 Å². The maximum absolute atomic E-state index is 15.8. The first kappa shape index (κ1) is 20.0. The molecule has 0 spiro atoms. The summed E-state index contributed by atoms with van der Waals surface area (Å²) < 4.78 is 15.8. The molecule has 162 valence electrons. The number of pyridine rings is 1. The van der Waals surface area contributed by atoms with E-state index in [1.165, 1.54) is 12.4 Å². The van der Waals surface area contributed by atoms with Gasteiger partial charge in [-0.2, -0.15) is 5.10 Å². The van der Waals surface area contributed by atoms with E-state index < -0.39 is 5.82 Å². The smallest absolute Gasteiger partial charge is 0.246 e. The zero-order valence-electron chi connectivity index (χ0n) is 17.9. The topological polar surface area (TPSA) is 90.9 Å². The number of carbonyl (C=O) groups is 1. The average molecular weight is 431 g/mol. The Labute approximate surface area is 183 Å². The molecule has 9 heteroatoms. The third-order valence-electron chi connectivity index (χ3n) is 6.17. The van der Waals surface area contributed by atoms with Gasteiger partial charge < -0.3 is 9.80 Å². The number of nitrogens with zero attached hydrogens (tertiary/aromatic N) is 6. The molecule has 3 aromatic heterocycles. The lowest BCUT2D eigenvalue weighted by Gasteiger charge is -2.35. The predicted octanol–water partition coefficient (Wildman–Crippen LogP) is 3.16. The summed E-state index contributed by atoms with van der Waals surface area (Å²) in [6, 6.07) is 2.00. The second kappa shape index (κ2) is 7.67. The summed E-state index contributed by atoms with van der Waals surface area (Å²) in [5, 5.41) is 8.44. The summed E-state index contributed by atoms with van der Waals surface area (Å²) in [5.41, 5.74) is 3.98. The molecule has 0 radical (unpaired) electrons. The Morgan fingerprint density at radius 3 is 2.66 bits per heavy atom. The molecule has 1 saturated heterocycles. The number of aromatic amines is 1. The van der Waals surface area contributed by atoms with Gasteiger partial charge in [-0.1, -0.05) is 6.58 Å². The number of fused-ring (bicyclic) bond motifs is 2. The molecule has 1 aliphatic rings. The van der Waals surface area contributed by atoms with Gasteiger partial charge in [0.2, 0.25) is 5.91 Å². The van der Waals surface area contributed by atoms with E-state index in [1.54, 1.807) is 17.3 Å². The summed E-state index contributed by atoms with van der Waals surface area (Å²) in [5.74, 6) is 0.0459. The van der Waals surface area contributed by atoms with E-state index in [0.717, 1.165) is 22.0 Å². The lowest BCUT2D eigenvalue weighted by Crippen LogP contribution is -2.48. The predicted molar refractivity (Wildman–Crippen MR) is 121 cm³/mol. The maximum Gasteiger partial charge on any atom is 0.246 e. The highest BCUT2D eigenvalue weighted by molar-refractivity contribution is 5.99. The number of piperazine rings is 1. The third-order valence-corrected chi connectivity index (χ3v) is 6.17. The summed E-state index contributed by atoms with van der Waals surface area (Å²) in [6.45, 7) is 9.74. The number of amides is 1. The van der Waals surface area contributed by atoms with Crippen LogP contribution in [0.3, 0.4) is 0 Å². The zero-order valence-corrected chi connectivity index (χ0v) is 17.9. The Hall–Kier alpha value is -3.88. The minimum atomic E-state index is -0.483. The molecular formula is C23H22FN7O. The first-order valence-electron chi connectivity index (χ1n) is 10.4. The summed E-state index contributed by atoms with van der Waals surface area (Å²) in [7, 11) is 0. The lowest BCUT2D eigenvalue weighted by atomic mass is 9.96. The average Bonchev–Trinajstić information content (AvgIpc) is 3.28. The molecule has 1 fully saturated rings. The van der Waals surface area contributed by atoms with Crippen LogP contribution in [0.25, 0.3) is 33.1 Å². The van der Waals surface area contributed by atoms with Crippen LogP contribution in [-0.4, -0.2) is 62.1 Å². The number of aryl methyl sites for hydroxylation is 1. The largest absolute Gasteiger partial charge is 0.352 e. The van der Waals surface area contributed by atoms with Gasteiger partial charge in [0.1, 0.15) is 23.4 Å². The standard InChI is InChI=1S/C23H22FN7O/c1-4-18(32)30-5-7-31(8-6-30)23-16-10-25-22(20(24)21(16)26-12-27-23)19-14(3)13(2)9-17-15(19)11-28-29-17/h4,9-12H,1,5-8H2,2-3H3,(H,28,29). The van der Waals surface area contributed by atoms with Crippen molar-refractivity contribution < 1.29 is 9.18 Å². The highest BCUT2D eigenvalue weighted by Crippen LogP contribution is 2.36. The van der Waals surface area contributed by atoms with Crippen molar-refractivity contribution in [3.8, 4) is 11.3 Å². The van der Waals surface area contributed by atoms with Crippen molar-refractivity contribution in [2.45, 2.75) is 13.8 Å². The van der Waals surface area contributed by atoms with E-state index in [4.69, 9.17) is 0 Å². The molecular weight excluding hydrogens is 409 g/mol. The SMILES string of the molecule is C=CC(=O)N1CCN(c2ncnc3c(F)c(-c4c(C)c(C)cc5[nH]ncc45)ncc23)CC1. The number of carbonyl (C=O) groups excluding carboxylic acids is 1. The highest BCUT2D eigenvalue weighted by atomic mass is 19.1. The van der Waals surface area contributed by atoms with Crippen molar-refractivity contribution in [1.82, 2.24) is 30.0 Å². The zero-order chi connectivity index (χ0) is 22.4. The molecule has 32 heavy (non-hydrogen) atoms. The molecule has 0 aliphatic carbocycles. The lowest BCUT2D eigenvalue weighted by molar-refractivity contribution is -0.126. The molecule has 1 aromatic carbocycles. The van der Waals surface area contributed by atoms with Crippen molar-refractivity contribution in [2.75, 3.05) is 31.1 Å². The minimum Gasteiger partial charge on any atom is -0.352 e. The fraction of sp³-hybridized carbons (Fsp3) is 0.261. The Kier molecular flexibility index (Phi) is 4.80. The van der Waals surface area contributed by atoms with Crippen molar-refractivity contribution in [2.24, 2.45) is 0 Å².